The van der Waals surface area contributed by atoms with Gasteiger partial charge in [0.05, 0.1) is 0 Å². The van der Waals surface area contributed by atoms with Crippen LogP contribution in [0.15, 0.2) is 0 Å². The third-order valence-electron chi connectivity index (χ3n) is 2.95. The summed E-state index contributed by atoms with van der Waals surface area (Å²) < 4.78 is 39.4. The Morgan fingerprint density at radius 1 is 1.50 bits per heavy atom. The zero-order chi connectivity index (χ0) is 13.8. The lowest BCUT2D eigenvalue weighted by Crippen LogP contribution is -2.34. The van der Waals surface area contributed by atoms with E-state index in [-0.39, 0.29) is 5.92 Å². The van der Waals surface area contributed by atoms with Crippen molar-refractivity contribution in [2.24, 2.45) is 5.92 Å². The Balaban J connectivity index is 2.16. The molecule has 1 aliphatic heterocycles. The van der Waals surface area contributed by atoms with Crippen LogP contribution < -0.4 is 5.32 Å². The number of hydrogen-bond donors (Lipinski definition) is 1. The standard InChI is InChI=1S/C11H19F3N2O2/c1-8(2)16-4-3-9(6-16)5-15-10(17)18-7-11(12,13)14/h8-9H,3-7H2,1-2H3,(H,15,17). The summed E-state index contributed by atoms with van der Waals surface area (Å²) in [6.45, 7) is 4.82. The molecule has 18 heavy (non-hydrogen) atoms. The molecule has 0 aromatic heterocycles. The van der Waals surface area contributed by atoms with Gasteiger partial charge in [-0.2, -0.15) is 13.2 Å². The molecular weight excluding hydrogens is 249 g/mol. The summed E-state index contributed by atoms with van der Waals surface area (Å²) in [4.78, 5) is 13.3. The maximum absolute atomic E-state index is 11.8. The fourth-order valence-corrected chi connectivity index (χ4v) is 1.92. The van der Waals surface area contributed by atoms with Crippen molar-refractivity contribution in [3.05, 3.63) is 0 Å². The molecule has 7 heteroatoms. The first kappa shape index (κ1) is 15.1. The van der Waals surface area contributed by atoms with Crippen LogP contribution in [0, 0.1) is 5.92 Å². The molecule has 1 unspecified atom stereocenters. The van der Waals surface area contributed by atoms with Gasteiger partial charge in [-0.3, -0.25) is 0 Å². The number of rotatable bonds is 4. The minimum absolute atomic E-state index is 0.283. The van der Waals surface area contributed by atoms with Gasteiger partial charge in [0, 0.05) is 19.1 Å². The van der Waals surface area contributed by atoms with Crippen LogP contribution in [-0.2, 0) is 4.74 Å². The van der Waals surface area contributed by atoms with E-state index in [0.717, 1.165) is 19.5 Å². The molecule has 1 N–H and O–H groups in total. The number of carbonyl (C=O) groups excluding carboxylic acids is 1. The first-order valence-corrected chi connectivity index (χ1v) is 5.99. The Hall–Kier alpha value is -0.980. The Kier molecular flexibility index (Phi) is 5.25. The summed E-state index contributed by atoms with van der Waals surface area (Å²) in [5.41, 5.74) is 0. The van der Waals surface area contributed by atoms with Gasteiger partial charge in [-0.05, 0) is 32.7 Å². The van der Waals surface area contributed by atoms with Gasteiger partial charge in [-0.15, -0.1) is 0 Å². The molecule has 1 saturated heterocycles. The lowest BCUT2D eigenvalue weighted by Gasteiger charge is -2.20. The van der Waals surface area contributed by atoms with Crippen LogP contribution in [0.3, 0.4) is 0 Å². The van der Waals surface area contributed by atoms with Gasteiger partial charge in [0.1, 0.15) is 0 Å². The summed E-state index contributed by atoms with van der Waals surface area (Å²) in [6.07, 6.45) is -4.54. The van der Waals surface area contributed by atoms with Crippen molar-refractivity contribution < 1.29 is 22.7 Å². The summed E-state index contributed by atoms with van der Waals surface area (Å²) in [6, 6.07) is 0.451. The third-order valence-corrected chi connectivity index (χ3v) is 2.95. The minimum atomic E-state index is -4.47. The molecule has 1 fully saturated rings. The van der Waals surface area contributed by atoms with Crippen molar-refractivity contribution in [3.63, 3.8) is 0 Å². The van der Waals surface area contributed by atoms with E-state index in [1.165, 1.54) is 0 Å². The maximum atomic E-state index is 11.8. The van der Waals surface area contributed by atoms with Gasteiger partial charge in [0.25, 0.3) is 0 Å². The molecule has 1 heterocycles. The average molecular weight is 268 g/mol. The number of alkyl carbamates (subject to hydrolysis) is 1. The van der Waals surface area contributed by atoms with Gasteiger partial charge in [-0.25, -0.2) is 4.79 Å². The Morgan fingerprint density at radius 3 is 2.67 bits per heavy atom. The second kappa shape index (κ2) is 6.26. The van der Waals surface area contributed by atoms with Crippen molar-refractivity contribution in [1.29, 1.82) is 0 Å². The van der Waals surface area contributed by atoms with Gasteiger partial charge in [0.2, 0.25) is 0 Å². The van der Waals surface area contributed by atoms with Crippen molar-refractivity contribution in [2.45, 2.75) is 32.5 Å². The summed E-state index contributed by atoms with van der Waals surface area (Å²) in [5, 5.41) is 2.37. The smallest absolute Gasteiger partial charge is 0.422 e. The SMILES string of the molecule is CC(C)N1CCC(CNC(=O)OCC(F)(F)F)C1. The number of nitrogens with zero attached hydrogens (tertiary/aromatic N) is 1. The van der Waals surface area contributed by atoms with Crippen LogP contribution >= 0.6 is 0 Å². The molecule has 0 aromatic rings. The number of nitrogens with one attached hydrogen (secondary N) is 1. The van der Waals surface area contributed by atoms with E-state index in [1.807, 2.05) is 0 Å². The third kappa shape index (κ3) is 5.57. The highest BCUT2D eigenvalue weighted by Gasteiger charge is 2.30. The normalized spacial score (nSPS) is 21.3. The topological polar surface area (TPSA) is 41.6 Å². The zero-order valence-corrected chi connectivity index (χ0v) is 10.6. The second-order valence-electron chi connectivity index (χ2n) is 4.82. The average Bonchev–Trinajstić information content (AvgIpc) is 2.71. The zero-order valence-electron chi connectivity index (χ0n) is 10.6. The van der Waals surface area contributed by atoms with Crippen LogP contribution in [0.2, 0.25) is 0 Å². The highest BCUT2D eigenvalue weighted by Crippen LogP contribution is 2.18. The second-order valence-corrected chi connectivity index (χ2v) is 4.82. The molecule has 1 amide bonds. The van der Waals surface area contributed by atoms with E-state index < -0.39 is 18.9 Å². The lowest BCUT2D eigenvalue weighted by atomic mass is 10.1. The quantitative estimate of drug-likeness (QED) is 0.848. The number of ether oxygens (including phenoxy) is 1. The first-order valence-electron chi connectivity index (χ1n) is 5.99. The molecule has 0 spiro atoms. The van der Waals surface area contributed by atoms with E-state index in [9.17, 15) is 18.0 Å². The highest BCUT2D eigenvalue weighted by atomic mass is 19.4. The molecule has 1 aliphatic rings. The number of carbonyl (C=O) groups is 1. The molecule has 0 aromatic carbocycles. The van der Waals surface area contributed by atoms with Crippen molar-refractivity contribution in [3.8, 4) is 0 Å². The van der Waals surface area contributed by atoms with Gasteiger partial charge >= 0.3 is 12.3 Å². The number of hydrogen-bond acceptors (Lipinski definition) is 3. The first-order chi connectivity index (χ1) is 8.28. The number of halogens is 3. The molecule has 1 atom stereocenters. The monoisotopic (exact) mass is 268 g/mol. The summed E-state index contributed by atoms with van der Waals surface area (Å²) in [5.74, 6) is 0.283. The Bertz CT molecular complexity index is 282. The van der Waals surface area contributed by atoms with Crippen LogP contribution in [0.5, 0.6) is 0 Å². The lowest BCUT2D eigenvalue weighted by molar-refractivity contribution is -0.160. The van der Waals surface area contributed by atoms with Crippen molar-refractivity contribution >= 4 is 6.09 Å². The van der Waals surface area contributed by atoms with Crippen molar-refractivity contribution in [2.75, 3.05) is 26.2 Å². The molecule has 0 bridgehead atoms. The van der Waals surface area contributed by atoms with Crippen LogP contribution in [0.25, 0.3) is 0 Å². The van der Waals surface area contributed by atoms with E-state index in [0.29, 0.717) is 12.6 Å². The molecule has 0 saturated carbocycles. The van der Waals surface area contributed by atoms with E-state index in [1.54, 1.807) is 0 Å². The predicted molar refractivity (Wildman–Crippen MR) is 60.2 cm³/mol. The fraction of sp³-hybridized carbons (Fsp3) is 0.909. The van der Waals surface area contributed by atoms with Gasteiger partial charge in [0.15, 0.2) is 6.61 Å². The summed E-state index contributed by atoms with van der Waals surface area (Å²) in [7, 11) is 0. The maximum Gasteiger partial charge on any atom is 0.422 e. The van der Waals surface area contributed by atoms with E-state index >= 15 is 0 Å². The molecule has 106 valence electrons. The molecule has 1 rings (SSSR count). The largest absolute Gasteiger partial charge is 0.440 e. The molecule has 0 radical (unpaired) electrons. The number of likely N-dealkylation sites (tertiary alicyclic amines) is 1. The van der Waals surface area contributed by atoms with Crippen LogP contribution in [-0.4, -0.2) is 49.5 Å². The predicted octanol–water partition coefficient (Wildman–Crippen LogP) is 2.01. The Labute approximate surface area is 104 Å². The van der Waals surface area contributed by atoms with Gasteiger partial charge < -0.3 is 15.0 Å². The summed E-state index contributed by atoms with van der Waals surface area (Å²) >= 11 is 0. The van der Waals surface area contributed by atoms with Crippen LogP contribution in [0.4, 0.5) is 18.0 Å². The molecule has 4 nitrogen and oxygen atoms in total. The van der Waals surface area contributed by atoms with E-state index in [2.05, 4.69) is 28.8 Å². The molecular formula is C11H19F3N2O2. The highest BCUT2D eigenvalue weighted by molar-refractivity contribution is 5.67. The van der Waals surface area contributed by atoms with E-state index in [4.69, 9.17) is 0 Å². The number of amides is 1. The Morgan fingerprint density at radius 2 is 2.17 bits per heavy atom. The van der Waals surface area contributed by atoms with Crippen LogP contribution in [0.1, 0.15) is 20.3 Å². The van der Waals surface area contributed by atoms with Gasteiger partial charge in [-0.1, -0.05) is 0 Å². The minimum Gasteiger partial charge on any atom is -0.440 e. The number of alkyl halides is 3. The molecule has 0 aliphatic carbocycles. The van der Waals surface area contributed by atoms with Crippen molar-refractivity contribution in [1.82, 2.24) is 10.2 Å². The fourth-order valence-electron chi connectivity index (χ4n) is 1.92.